The number of thiazole rings is 1. The number of amides is 1. The van der Waals surface area contributed by atoms with Crippen LogP contribution in [0.4, 0.5) is 0 Å². The number of hydrogen-bond donors (Lipinski definition) is 0. The van der Waals surface area contributed by atoms with Crippen LogP contribution >= 0.6 is 11.3 Å². The summed E-state index contributed by atoms with van der Waals surface area (Å²) >= 11 is 1.69. The van der Waals surface area contributed by atoms with Crippen molar-refractivity contribution < 1.29 is 9.53 Å². The van der Waals surface area contributed by atoms with Crippen molar-refractivity contribution in [3.05, 3.63) is 65.2 Å². The Kier molecular flexibility index (Phi) is 5.48. The maximum Gasteiger partial charge on any atom is 0.244 e. The highest BCUT2D eigenvalue weighted by atomic mass is 32.1. The average Bonchev–Trinajstić information content (AvgIpc) is 3.12. The Morgan fingerprint density at radius 3 is 2.59 bits per heavy atom. The lowest BCUT2D eigenvalue weighted by Crippen LogP contribution is -2.46. The zero-order valence-corrected chi connectivity index (χ0v) is 16.2. The smallest absolute Gasteiger partial charge is 0.244 e. The molecule has 1 atom stereocenters. The van der Waals surface area contributed by atoms with E-state index in [-0.39, 0.29) is 11.9 Å². The minimum absolute atomic E-state index is 0.133. The minimum Gasteiger partial charge on any atom is -0.378 e. The van der Waals surface area contributed by atoms with Crippen LogP contribution in [0.2, 0.25) is 0 Å². The van der Waals surface area contributed by atoms with Crippen molar-refractivity contribution >= 4 is 27.5 Å². The van der Waals surface area contributed by atoms with Crippen LogP contribution in [0.3, 0.4) is 0 Å². The van der Waals surface area contributed by atoms with Crippen LogP contribution in [-0.2, 0) is 16.1 Å². The molecule has 4 rings (SSSR count). The summed E-state index contributed by atoms with van der Waals surface area (Å²) in [6.07, 6.45) is 0. The lowest BCUT2D eigenvalue weighted by molar-refractivity contribution is -0.141. The summed E-state index contributed by atoms with van der Waals surface area (Å²) in [5, 5.41) is 1.02. The van der Waals surface area contributed by atoms with Gasteiger partial charge in [0.1, 0.15) is 11.0 Å². The first kappa shape index (κ1) is 18.1. The van der Waals surface area contributed by atoms with Crippen molar-refractivity contribution in [3.63, 3.8) is 0 Å². The SMILES string of the molecule is CN(Cc1nc2ccccc2s1)C(C(=O)N1CCOCC1)c1ccccc1. The van der Waals surface area contributed by atoms with Gasteiger partial charge in [-0.25, -0.2) is 4.98 Å². The molecule has 1 aromatic heterocycles. The second-order valence-corrected chi connectivity index (χ2v) is 7.86. The number of ether oxygens (including phenoxy) is 1. The first-order valence-corrected chi connectivity index (χ1v) is 10.0. The molecule has 2 aromatic carbocycles. The summed E-state index contributed by atoms with van der Waals surface area (Å²) < 4.78 is 6.59. The van der Waals surface area contributed by atoms with Crippen molar-refractivity contribution in [3.8, 4) is 0 Å². The molecule has 0 spiro atoms. The topological polar surface area (TPSA) is 45.7 Å². The molecule has 5 nitrogen and oxygen atoms in total. The van der Waals surface area contributed by atoms with Crippen LogP contribution in [-0.4, -0.2) is 54.0 Å². The quantitative estimate of drug-likeness (QED) is 0.680. The van der Waals surface area contributed by atoms with Gasteiger partial charge in [0.25, 0.3) is 0 Å². The number of carbonyl (C=O) groups excluding carboxylic acids is 1. The fourth-order valence-electron chi connectivity index (χ4n) is 3.47. The lowest BCUT2D eigenvalue weighted by atomic mass is 10.0. The van der Waals surface area contributed by atoms with E-state index in [9.17, 15) is 4.79 Å². The van der Waals surface area contributed by atoms with Crippen LogP contribution in [0.5, 0.6) is 0 Å². The number of benzene rings is 2. The minimum atomic E-state index is -0.323. The first-order chi connectivity index (χ1) is 13.2. The summed E-state index contributed by atoms with van der Waals surface area (Å²) in [4.78, 5) is 22.1. The molecule has 1 unspecified atom stereocenters. The molecule has 0 radical (unpaired) electrons. The second kappa shape index (κ2) is 8.17. The molecule has 1 aliphatic heterocycles. The van der Waals surface area contributed by atoms with Gasteiger partial charge in [0, 0.05) is 13.1 Å². The van der Waals surface area contributed by atoms with Gasteiger partial charge in [-0.15, -0.1) is 11.3 Å². The molecular weight excluding hydrogens is 358 g/mol. The van der Waals surface area contributed by atoms with E-state index in [1.165, 1.54) is 4.70 Å². The Labute approximate surface area is 163 Å². The number of likely N-dealkylation sites (N-methyl/N-ethyl adjacent to an activating group) is 1. The number of morpholine rings is 1. The van der Waals surface area contributed by atoms with Crippen molar-refractivity contribution in [2.45, 2.75) is 12.6 Å². The predicted octanol–water partition coefficient (Wildman–Crippen LogP) is 3.33. The summed E-state index contributed by atoms with van der Waals surface area (Å²) in [6, 6.07) is 17.8. The Morgan fingerprint density at radius 1 is 1.15 bits per heavy atom. The second-order valence-electron chi connectivity index (χ2n) is 6.74. The van der Waals surface area contributed by atoms with E-state index < -0.39 is 0 Å². The molecule has 2 heterocycles. The van der Waals surface area contributed by atoms with Gasteiger partial charge in [0.15, 0.2) is 0 Å². The molecule has 1 fully saturated rings. The van der Waals surface area contributed by atoms with Crippen molar-refractivity contribution in [2.75, 3.05) is 33.4 Å². The fraction of sp³-hybridized carbons (Fsp3) is 0.333. The van der Waals surface area contributed by atoms with Crippen LogP contribution < -0.4 is 0 Å². The zero-order valence-electron chi connectivity index (χ0n) is 15.4. The number of para-hydroxylation sites is 1. The molecular formula is C21H23N3O2S. The van der Waals surface area contributed by atoms with Gasteiger partial charge >= 0.3 is 0 Å². The van der Waals surface area contributed by atoms with Crippen molar-refractivity contribution in [2.24, 2.45) is 0 Å². The van der Waals surface area contributed by atoms with Crippen LogP contribution in [0.15, 0.2) is 54.6 Å². The highest BCUT2D eigenvalue weighted by molar-refractivity contribution is 7.18. The molecule has 0 bridgehead atoms. The molecule has 1 aliphatic rings. The van der Waals surface area contributed by atoms with Crippen LogP contribution in [0, 0.1) is 0 Å². The number of nitrogens with zero attached hydrogens (tertiary/aromatic N) is 3. The molecule has 27 heavy (non-hydrogen) atoms. The first-order valence-electron chi connectivity index (χ1n) is 9.18. The normalized spacial score (nSPS) is 16.0. The van der Waals surface area contributed by atoms with E-state index in [2.05, 4.69) is 11.0 Å². The largest absolute Gasteiger partial charge is 0.378 e. The van der Waals surface area contributed by atoms with E-state index in [0.29, 0.717) is 32.8 Å². The maximum absolute atomic E-state index is 13.3. The van der Waals surface area contributed by atoms with Gasteiger partial charge in [0.2, 0.25) is 5.91 Å². The van der Waals surface area contributed by atoms with Gasteiger partial charge in [-0.3, -0.25) is 9.69 Å². The number of rotatable bonds is 5. The number of aromatic nitrogens is 1. The Balaban J connectivity index is 1.59. The van der Waals surface area contributed by atoms with Crippen LogP contribution in [0.1, 0.15) is 16.6 Å². The third kappa shape index (κ3) is 4.03. The summed E-state index contributed by atoms with van der Waals surface area (Å²) in [5.74, 6) is 0.133. The molecule has 0 saturated carbocycles. The standard InChI is InChI=1S/C21H23N3O2S/c1-23(15-19-22-17-9-5-6-10-18(17)27-19)20(16-7-3-2-4-8-16)21(25)24-11-13-26-14-12-24/h2-10,20H,11-15H2,1H3. The van der Waals surface area contributed by atoms with Crippen LogP contribution in [0.25, 0.3) is 10.2 Å². The third-order valence-corrected chi connectivity index (χ3v) is 5.86. The molecule has 1 saturated heterocycles. The average molecular weight is 382 g/mol. The van der Waals surface area contributed by atoms with Gasteiger partial charge in [-0.2, -0.15) is 0 Å². The molecule has 0 aliphatic carbocycles. The van der Waals surface area contributed by atoms with E-state index in [4.69, 9.17) is 9.72 Å². The molecule has 6 heteroatoms. The summed E-state index contributed by atoms with van der Waals surface area (Å²) in [5.41, 5.74) is 2.03. The molecule has 3 aromatic rings. The summed E-state index contributed by atoms with van der Waals surface area (Å²) in [6.45, 7) is 3.15. The summed E-state index contributed by atoms with van der Waals surface area (Å²) in [7, 11) is 2.00. The third-order valence-electron chi connectivity index (χ3n) is 4.84. The molecule has 1 amide bonds. The molecule has 0 N–H and O–H groups in total. The number of fused-ring (bicyclic) bond motifs is 1. The number of carbonyl (C=O) groups is 1. The number of hydrogen-bond acceptors (Lipinski definition) is 5. The molecule has 140 valence electrons. The van der Waals surface area contributed by atoms with E-state index in [1.54, 1.807) is 11.3 Å². The van der Waals surface area contributed by atoms with E-state index in [1.807, 2.05) is 60.5 Å². The van der Waals surface area contributed by atoms with Crippen molar-refractivity contribution in [1.82, 2.24) is 14.8 Å². The Morgan fingerprint density at radius 2 is 1.85 bits per heavy atom. The Bertz CT molecular complexity index is 873. The fourth-order valence-corrected chi connectivity index (χ4v) is 4.50. The van der Waals surface area contributed by atoms with Gasteiger partial charge < -0.3 is 9.64 Å². The highest BCUT2D eigenvalue weighted by Gasteiger charge is 2.30. The van der Waals surface area contributed by atoms with Crippen molar-refractivity contribution in [1.29, 1.82) is 0 Å². The van der Waals surface area contributed by atoms with Gasteiger partial charge in [-0.1, -0.05) is 42.5 Å². The maximum atomic E-state index is 13.3. The zero-order chi connectivity index (χ0) is 18.6. The predicted molar refractivity (Wildman–Crippen MR) is 108 cm³/mol. The van der Waals surface area contributed by atoms with E-state index in [0.717, 1.165) is 16.1 Å². The lowest BCUT2D eigenvalue weighted by Gasteiger charge is -2.34. The van der Waals surface area contributed by atoms with E-state index >= 15 is 0 Å². The highest BCUT2D eigenvalue weighted by Crippen LogP contribution is 2.27. The van der Waals surface area contributed by atoms with Gasteiger partial charge in [0.05, 0.1) is 30.0 Å². The van der Waals surface area contributed by atoms with Gasteiger partial charge in [-0.05, 0) is 24.7 Å². The monoisotopic (exact) mass is 381 g/mol. The Hall–Kier alpha value is -2.28.